The quantitative estimate of drug-likeness (QED) is 0.896. The molecule has 2 aliphatic rings. The van der Waals surface area contributed by atoms with Gasteiger partial charge in [0.2, 0.25) is 0 Å². The molecule has 0 bridgehead atoms. The minimum absolute atomic E-state index is 0.718. The molecule has 1 heterocycles. The van der Waals surface area contributed by atoms with E-state index in [0.29, 0.717) is 0 Å². The van der Waals surface area contributed by atoms with Crippen LogP contribution in [0.2, 0.25) is 0 Å². The van der Waals surface area contributed by atoms with Crippen LogP contribution < -0.4 is 5.32 Å². The second-order valence-corrected chi connectivity index (χ2v) is 7.88. The predicted octanol–water partition coefficient (Wildman–Crippen LogP) is 4.14. The van der Waals surface area contributed by atoms with Gasteiger partial charge in [-0.1, -0.05) is 24.6 Å². The van der Waals surface area contributed by atoms with Crippen molar-refractivity contribution in [1.82, 2.24) is 5.32 Å². The normalized spacial score (nSPS) is 30.3. The van der Waals surface area contributed by atoms with Gasteiger partial charge in [0, 0.05) is 34.4 Å². The second kappa shape index (κ2) is 6.55. The zero-order valence-electron chi connectivity index (χ0n) is 11.6. The van der Waals surface area contributed by atoms with Gasteiger partial charge in [0.05, 0.1) is 0 Å². The highest BCUT2D eigenvalue weighted by Gasteiger charge is 2.25. The Labute approximate surface area is 125 Å². The molecule has 3 heteroatoms. The molecule has 1 aromatic rings. The molecule has 1 fully saturated rings. The Hall–Kier alpha value is -0.120. The molecule has 1 nitrogen and oxygen atoms in total. The molecular weight excluding hydrogens is 270 g/mol. The molecule has 1 aromatic carbocycles. The molecule has 1 N–H and O–H groups in total. The van der Waals surface area contributed by atoms with Crippen LogP contribution >= 0.6 is 23.5 Å². The molecule has 1 aliphatic carbocycles. The number of fused-ring (bicyclic) bond motifs is 1. The van der Waals surface area contributed by atoms with Gasteiger partial charge >= 0.3 is 0 Å². The average molecular weight is 294 g/mol. The van der Waals surface area contributed by atoms with Crippen molar-refractivity contribution in [3.63, 3.8) is 0 Å². The van der Waals surface area contributed by atoms with Crippen molar-refractivity contribution in [3.05, 3.63) is 29.8 Å². The maximum atomic E-state index is 3.84. The van der Waals surface area contributed by atoms with Crippen LogP contribution in [0, 0.1) is 0 Å². The summed E-state index contributed by atoms with van der Waals surface area (Å²) in [6.45, 7) is 1.16. The van der Waals surface area contributed by atoms with E-state index in [1.54, 1.807) is 5.56 Å². The number of nitrogens with one attached hydrogen (secondary N) is 1. The fourth-order valence-corrected chi connectivity index (χ4v) is 5.33. The lowest BCUT2D eigenvalue weighted by molar-refractivity contribution is 0.375. The third-order valence-corrected chi connectivity index (χ3v) is 6.76. The van der Waals surface area contributed by atoms with Crippen molar-refractivity contribution in [2.75, 3.05) is 18.6 Å². The molecule has 19 heavy (non-hydrogen) atoms. The van der Waals surface area contributed by atoms with Gasteiger partial charge in [-0.05, 0) is 37.1 Å². The van der Waals surface area contributed by atoms with Gasteiger partial charge in [-0.25, -0.2) is 0 Å². The highest BCUT2D eigenvalue weighted by molar-refractivity contribution is 7.99. The average Bonchev–Trinajstić information content (AvgIpc) is 2.89. The summed E-state index contributed by atoms with van der Waals surface area (Å²) in [4.78, 5) is 1.50. The van der Waals surface area contributed by atoms with Gasteiger partial charge in [0.1, 0.15) is 0 Å². The Morgan fingerprint density at radius 1 is 1.32 bits per heavy atom. The number of benzene rings is 1. The molecule has 0 spiro atoms. The molecule has 3 unspecified atom stereocenters. The number of thioether (sulfide) groups is 2. The smallest absolute Gasteiger partial charge is 0.0108 e. The van der Waals surface area contributed by atoms with Crippen LogP contribution in [0.4, 0.5) is 0 Å². The summed E-state index contributed by atoms with van der Waals surface area (Å²) >= 11 is 4.08. The van der Waals surface area contributed by atoms with E-state index in [4.69, 9.17) is 0 Å². The van der Waals surface area contributed by atoms with Gasteiger partial charge in [0.25, 0.3) is 0 Å². The highest BCUT2D eigenvalue weighted by Crippen LogP contribution is 2.39. The fourth-order valence-electron chi connectivity index (χ4n) is 3.25. The monoisotopic (exact) mass is 293 g/mol. The number of hydrogen-bond acceptors (Lipinski definition) is 3. The predicted molar refractivity (Wildman–Crippen MR) is 87.5 cm³/mol. The van der Waals surface area contributed by atoms with Gasteiger partial charge in [-0.3, -0.25) is 0 Å². The molecule has 0 aromatic heterocycles. The summed E-state index contributed by atoms with van der Waals surface area (Å²) in [5.74, 6) is 1.97. The first-order valence-corrected chi connectivity index (χ1v) is 9.62. The van der Waals surface area contributed by atoms with E-state index >= 15 is 0 Å². The van der Waals surface area contributed by atoms with E-state index in [1.807, 2.05) is 11.8 Å². The van der Waals surface area contributed by atoms with Crippen LogP contribution in [0.25, 0.3) is 0 Å². The van der Waals surface area contributed by atoms with Gasteiger partial charge in [0.15, 0.2) is 0 Å². The van der Waals surface area contributed by atoms with E-state index in [2.05, 4.69) is 47.6 Å². The van der Waals surface area contributed by atoms with Crippen LogP contribution in [0.5, 0.6) is 0 Å². The molecule has 3 atom stereocenters. The molecule has 3 rings (SSSR count). The second-order valence-electron chi connectivity index (χ2n) is 5.68. The third-order valence-electron chi connectivity index (χ3n) is 4.41. The zero-order valence-corrected chi connectivity index (χ0v) is 13.2. The van der Waals surface area contributed by atoms with Crippen molar-refractivity contribution in [2.45, 2.75) is 47.8 Å². The van der Waals surface area contributed by atoms with E-state index in [1.165, 1.54) is 36.3 Å². The van der Waals surface area contributed by atoms with Gasteiger partial charge in [-0.2, -0.15) is 11.8 Å². The molecule has 0 amide bonds. The van der Waals surface area contributed by atoms with E-state index in [9.17, 15) is 0 Å². The molecule has 1 saturated carbocycles. The molecule has 0 saturated heterocycles. The van der Waals surface area contributed by atoms with Crippen LogP contribution in [0.15, 0.2) is 29.2 Å². The summed E-state index contributed by atoms with van der Waals surface area (Å²) in [5.41, 5.74) is 1.57. The van der Waals surface area contributed by atoms with Crippen molar-refractivity contribution >= 4 is 23.5 Å². The SMILES string of the molecule is CSC1CCCC(NCC2CSc3ccccc32)C1. The topological polar surface area (TPSA) is 12.0 Å². The van der Waals surface area contributed by atoms with Crippen molar-refractivity contribution < 1.29 is 0 Å². The van der Waals surface area contributed by atoms with E-state index < -0.39 is 0 Å². The lowest BCUT2D eigenvalue weighted by Gasteiger charge is -2.29. The van der Waals surface area contributed by atoms with Crippen LogP contribution in [0.3, 0.4) is 0 Å². The van der Waals surface area contributed by atoms with E-state index in [-0.39, 0.29) is 0 Å². The van der Waals surface area contributed by atoms with Gasteiger partial charge in [-0.15, -0.1) is 11.8 Å². The largest absolute Gasteiger partial charge is 0.313 e. The number of hydrogen-bond donors (Lipinski definition) is 1. The van der Waals surface area contributed by atoms with E-state index in [0.717, 1.165) is 23.8 Å². The summed E-state index contributed by atoms with van der Waals surface area (Å²) in [7, 11) is 0. The first kappa shape index (κ1) is 13.8. The Bertz CT molecular complexity index is 421. The van der Waals surface area contributed by atoms with Crippen molar-refractivity contribution in [3.8, 4) is 0 Å². The minimum atomic E-state index is 0.718. The summed E-state index contributed by atoms with van der Waals surface area (Å²) in [6.07, 6.45) is 7.82. The fraction of sp³-hybridized carbons (Fsp3) is 0.625. The summed E-state index contributed by atoms with van der Waals surface area (Å²) in [5, 5.41) is 4.73. The zero-order chi connectivity index (χ0) is 13.1. The lowest BCUT2D eigenvalue weighted by Crippen LogP contribution is -2.37. The lowest BCUT2D eigenvalue weighted by atomic mass is 9.94. The molecule has 0 radical (unpaired) electrons. The molecule has 1 aliphatic heterocycles. The van der Waals surface area contributed by atoms with Crippen molar-refractivity contribution in [1.29, 1.82) is 0 Å². The first-order valence-electron chi connectivity index (χ1n) is 7.34. The Morgan fingerprint density at radius 2 is 2.21 bits per heavy atom. The highest BCUT2D eigenvalue weighted by atomic mass is 32.2. The minimum Gasteiger partial charge on any atom is -0.313 e. The third kappa shape index (κ3) is 3.32. The Balaban J connectivity index is 1.53. The van der Waals surface area contributed by atoms with Crippen LogP contribution in [-0.4, -0.2) is 29.8 Å². The Kier molecular flexibility index (Phi) is 4.78. The summed E-state index contributed by atoms with van der Waals surface area (Å²) < 4.78 is 0. The van der Waals surface area contributed by atoms with Crippen LogP contribution in [0.1, 0.15) is 37.2 Å². The maximum absolute atomic E-state index is 3.84. The standard InChI is InChI=1S/C16H23NS2/c1-18-14-6-4-5-13(9-14)17-10-12-11-19-16-8-3-2-7-15(12)16/h2-3,7-8,12-14,17H,4-6,9-11H2,1H3. The maximum Gasteiger partial charge on any atom is 0.0108 e. The van der Waals surface area contributed by atoms with Crippen molar-refractivity contribution in [2.24, 2.45) is 0 Å². The first-order chi connectivity index (χ1) is 9.36. The summed E-state index contributed by atoms with van der Waals surface area (Å²) in [6, 6.07) is 9.68. The van der Waals surface area contributed by atoms with Gasteiger partial charge < -0.3 is 5.32 Å². The molecule has 104 valence electrons. The number of rotatable bonds is 4. The van der Waals surface area contributed by atoms with Crippen LogP contribution in [-0.2, 0) is 0 Å². The molecular formula is C16H23NS2. The Morgan fingerprint density at radius 3 is 3.11 bits per heavy atom.